The second-order valence-corrected chi connectivity index (χ2v) is 5.09. The molecule has 1 saturated heterocycles. The molecule has 1 amide bonds. The molecule has 0 spiro atoms. The molecule has 0 aromatic carbocycles. The fourth-order valence-electron chi connectivity index (χ4n) is 1.52. The maximum Gasteiger partial charge on any atom is 0.303 e. The third-order valence-electron chi connectivity index (χ3n) is 2.35. The van der Waals surface area contributed by atoms with Crippen LogP contribution in [0.15, 0.2) is 0 Å². The molecule has 1 heterocycles. The highest BCUT2D eigenvalue weighted by Gasteiger charge is 2.15. The third kappa shape index (κ3) is 5.67. The lowest BCUT2D eigenvalue weighted by atomic mass is 10.2. The summed E-state index contributed by atoms with van der Waals surface area (Å²) in [6.07, 6.45) is 3.25. The lowest BCUT2D eigenvalue weighted by Gasteiger charge is -2.09. The molecule has 0 aliphatic carbocycles. The smallest absolute Gasteiger partial charge is 0.303 e. The van der Waals surface area contributed by atoms with E-state index in [9.17, 15) is 9.59 Å². The van der Waals surface area contributed by atoms with Gasteiger partial charge in [0.05, 0.1) is 0 Å². The molecule has 0 aromatic heterocycles. The van der Waals surface area contributed by atoms with Crippen molar-refractivity contribution in [1.82, 2.24) is 5.32 Å². The Morgan fingerprint density at radius 3 is 2.80 bits per heavy atom. The van der Waals surface area contributed by atoms with Gasteiger partial charge in [-0.25, -0.2) is 0 Å². The second kappa shape index (κ2) is 6.71. The van der Waals surface area contributed by atoms with Crippen LogP contribution in [-0.2, 0) is 9.59 Å². The van der Waals surface area contributed by atoms with Crippen molar-refractivity contribution in [1.29, 1.82) is 0 Å². The van der Waals surface area contributed by atoms with Gasteiger partial charge in [-0.2, -0.15) is 11.8 Å². The summed E-state index contributed by atoms with van der Waals surface area (Å²) in [4.78, 5) is 21.5. The summed E-state index contributed by atoms with van der Waals surface area (Å²) in [7, 11) is 0. The first-order valence-electron chi connectivity index (χ1n) is 5.28. The van der Waals surface area contributed by atoms with Gasteiger partial charge in [-0.05, 0) is 25.0 Å². The summed E-state index contributed by atoms with van der Waals surface area (Å²) in [5, 5.41) is 11.8. The Labute approximate surface area is 93.8 Å². The van der Waals surface area contributed by atoms with Gasteiger partial charge < -0.3 is 10.4 Å². The van der Waals surface area contributed by atoms with Crippen LogP contribution in [0, 0.1) is 0 Å². The quantitative estimate of drug-likeness (QED) is 0.722. The van der Waals surface area contributed by atoms with Crippen molar-refractivity contribution in [2.75, 3.05) is 12.3 Å². The summed E-state index contributed by atoms with van der Waals surface area (Å²) < 4.78 is 0. The molecule has 1 aliphatic rings. The maximum atomic E-state index is 11.3. The van der Waals surface area contributed by atoms with E-state index in [-0.39, 0.29) is 12.3 Å². The van der Waals surface area contributed by atoms with Gasteiger partial charge in [0.1, 0.15) is 0 Å². The molecule has 0 bridgehead atoms. The number of carbonyl (C=O) groups excluding carboxylic acids is 1. The van der Waals surface area contributed by atoms with Crippen molar-refractivity contribution in [2.24, 2.45) is 0 Å². The van der Waals surface area contributed by atoms with Gasteiger partial charge in [0.2, 0.25) is 5.91 Å². The van der Waals surface area contributed by atoms with Crippen LogP contribution >= 0.6 is 11.8 Å². The number of aliphatic carboxylic acids is 1. The molecular weight excluding hydrogens is 214 g/mol. The van der Waals surface area contributed by atoms with Crippen molar-refractivity contribution in [3.8, 4) is 0 Å². The predicted molar refractivity (Wildman–Crippen MR) is 60.0 cm³/mol. The lowest BCUT2D eigenvalue weighted by Crippen LogP contribution is -2.29. The van der Waals surface area contributed by atoms with Crippen LogP contribution in [-0.4, -0.2) is 34.5 Å². The van der Waals surface area contributed by atoms with Gasteiger partial charge in [0.25, 0.3) is 0 Å². The number of rotatable bonds is 6. The van der Waals surface area contributed by atoms with Crippen LogP contribution in [0.5, 0.6) is 0 Å². The minimum Gasteiger partial charge on any atom is -0.481 e. The fraction of sp³-hybridized carbons (Fsp3) is 0.800. The van der Waals surface area contributed by atoms with Gasteiger partial charge in [-0.3, -0.25) is 9.59 Å². The molecule has 15 heavy (non-hydrogen) atoms. The fourth-order valence-corrected chi connectivity index (χ4v) is 2.72. The highest BCUT2D eigenvalue weighted by molar-refractivity contribution is 8.00. The van der Waals surface area contributed by atoms with Crippen molar-refractivity contribution >= 4 is 23.6 Å². The van der Waals surface area contributed by atoms with Gasteiger partial charge in [0, 0.05) is 24.6 Å². The normalized spacial score (nSPS) is 20.1. The van der Waals surface area contributed by atoms with Crippen LogP contribution < -0.4 is 5.32 Å². The zero-order chi connectivity index (χ0) is 11.1. The van der Waals surface area contributed by atoms with Crippen molar-refractivity contribution < 1.29 is 14.7 Å². The molecule has 0 aromatic rings. The largest absolute Gasteiger partial charge is 0.481 e. The highest BCUT2D eigenvalue weighted by atomic mass is 32.2. The number of amides is 1. The molecule has 4 nitrogen and oxygen atoms in total. The summed E-state index contributed by atoms with van der Waals surface area (Å²) in [6, 6.07) is 0. The summed E-state index contributed by atoms with van der Waals surface area (Å²) in [5.74, 6) is 0.331. The van der Waals surface area contributed by atoms with Crippen molar-refractivity contribution in [2.45, 2.75) is 37.4 Å². The number of nitrogens with one attached hydrogen (secondary N) is 1. The number of thioether (sulfide) groups is 1. The molecule has 0 saturated carbocycles. The van der Waals surface area contributed by atoms with Gasteiger partial charge in [-0.15, -0.1) is 0 Å². The number of carboxylic acids is 1. The van der Waals surface area contributed by atoms with E-state index in [0.717, 1.165) is 6.54 Å². The van der Waals surface area contributed by atoms with Crippen LogP contribution in [0.3, 0.4) is 0 Å². The molecule has 1 aliphatic heterocycles. The predicted octanol–water partition coefficient (Wildman–Crippen LogP) is 1.25. The Morgan fingerprint density at radius 1 is 1.40 bits per heavy atom. The Hall–Kier alpha value is -0.710. The summed E-state index contributed by atoms with van der Waals surface area (Å²) in [6.45, 7) is 0.733. The topological polar surface area (TPSA) is 66.4 Å². The summed E-state index contributed by atoms with van der Waals surface area (Å²) >= 11 is 1.90. The molecule has 86 valence electrons. The second-order valence-electron chi connectivity index (χ2n) is 3.69. The van der Waals surface area contributed by atoms with E-state index >= 15 is 0 Å². The molecule has 0 radical (unpaired) electrons. The average Bonchev–Trinajstić information content (AvgIpc) is 2.66. The van der Waals surface area contributed by atoms with Gasteiger partial charge in [-0.1, -0.05) is 0 Å². The van der Waals surface area contributed by atoms with E-state index in [2.05, 4.69) is 5.32 Å². The van der Waals surface area contributed by atoms with Crippen LogP contribution in [0.1, 0.15) is 32.1 Å². The Balaban J connectivity index is 2.00. The van der Waals surface area contributed by atoms with Gasteiger partial charge in [0.15, 0.2) is 0 Å². The number of carboxylic acid groups (broad SMARTS) is 1. The average molecular weight is 231 g/mol. The Bertz CT molecular complexity index is 227. The van der Waals surface area contributed by atoms with Crippen LogP contribution in [0.4, 0.5) is 0 Å². The van der Waals surface area contributed by atoms with Crippen LogP contribution in [0.25, 0.3) is 0 Å². The first kappa shape index (κ1) is 12.4. The maximum absolute atomic E-state index is 11.3. The minimum atomic E-state index is -0.839. The van der Waals surface area contributed by atoms with E-state index in [1.165, 1.54) is 18.6 Å². The molecule has 1 rings (SSSR count). The first-order chi connectivity index (χ1) is 7.18. The molecule has 5 heteroatoms. The van der Waals surface area contributed by atoms with E-state index in [1.807, 2.05) is 11.8 Å². The molecule has 1 unspecified atom stereocenters. The number of hydrogen-bond donors (Lipinski definition) is 2. The summed E-state index contributed by atoms with van der Waals surface area (Å²) in [5.41, 5.74) is 0. The van der Waals surface area contributed by atoms with E-state index in [4.69, 9.17) is 5.11 Å². The zero-order valence-electron chi connectivity index (χ0n) is 8.70. The van der Waals surface area contributed by atoms with E-state index in [1.54, 1.807) is 0 Å². The monoisotopic (exact) mass is 231 g/mol. The zero-order valence-corrected chi connectivity index (χ0v) is 9.52. The van der Waals surface area contributed by atoms with E-state index in [0.29, 0.717) is 18.1 Å². The number of carbonyl (C=O) groups is 2. The van der Waals surface area contributed by atoms with Gasteiger partial charge >= 0.3 is 5.97 Å². The number of hydrogen-bond acceptors (Lipinski definition) is 3. The molecule has 1 fully saturated rings. The third-order valence-corrected chi connectivity index (χ3v) is 3.74. The highest BCUT2D eigenvalue weighted by Crippen LogP contribution is 2.25. The molecule has 1 atom stereocenters. The Morgan fingerprint density at radius 2 is 2.20 bits per heavy atom. The molecule has 2 N–H and O–H groups in total. The van der Waals surface area contributed by atoms with E-state index < -0.39 is 5.97 Å². The van der Waals surface area contributed by atoms with Crippen LogP contribution in [0.2, 0.25) is 0 Å². The Kier molecular flexibility index (Phi) is 5.53. The standard InChI is InChI=1S/C10H17NO3S/c12-9(4-1-5-10(13)14)11-7-8-3-2-6-15-8/h8H,1-7H2,(H,11,12)(H,13,14). The SMILES string of the molecule is O=C(O)CCCC(=O)NCC1CCCS1. The van der Waals surface area contributed by atoms with Crippen molar-refractivity contribution in [3.63, 3.8) is 0 Å². The molecular formula is C10H17NO3S. The van der Waals surface area contributed by atoms with Crippen molar-refractivity contribution in [3.05, 3.63) is 0 Å². The lowest BCUT2D eigenvalue weighted by molar-refractivity contribution is -0.137. The first-order valence-corrected chi connectivity index (χ1v) is 6.33. The minimum absolute atomic E-state index is 0.0243.